The summed E-state index contributed by atoms with van der Waals surface area (Å²) in [5.41, 5.74) is 7.71. The Morgan fingerprint density at radius 3 is 2.32 bits per heavy atom. The van der Waals surface area contributed by atoms with E-state index in [1.54, 1.807) is 26.1 Å². The molecule has 0 spiro atoms. The minimum Gasteiger partial charge on any atom is -0.473 e. The molecule has 0 radical (unpaired) electrons. The van der Waals surface area contributed by atoms with Crippen molar-refractivity contribution in [1.29, 1.82) is 0 Å². The number of halogens is 3. The zero-order chi connectivity index (χ0) is 30.5. The molecule has 1 aliphatic heterocycles. The molecule has 1 amide bonds. The van der Waals surface area contributed by atoms with Crippen molar-refractivity contribution in [3.05, 3.63) is 77.0 Å². The lowest BCUT2D eigenvalue weighted by molar-refractivity contribution is -0.137. The summed E-state index contributed by atoms with van der Waals surface area (Å²) in [6.45, 7) is 17.2. The minimum atomic E-state index is -4.61. The van der Waals surface area contributed by atoms with Crippen LogP contribution < -0.4 is 20.7 Å². The number of morpholine rings is 1. The number of allylic oxidation sites excluding steroid dienone is 3. The maximum atomic E-state index is 13.6. The highest BCUT2D eigenvalue weighted by atomic mass is 19.4. The molecular formula is C31H39F3N4O3. The number of carbonyl (C=O) groups excluding carboxylic acids is 1. The molecule has 2 heterocycles. The molecule has 1 aromatic carbocycles. The Kier molecular flexibility index (Phi) is 10.0. The molecule has 3 N–H and O–H groups in total. The summed E-state index contributed by atoms with van der Waals surface area (Å²) in [7, 11) is 0. The SMILES string of the molecule is C=C/C(=C\C(=C(C)C)c1cnc(OC(C)C)c(N2CCOCC2)c1)C(=O)Nc1cc(C(C)(C)N)cc(C(F)(F)F)c1. The van der Waals surface area contributed by atoms with Gasteiger partial charge in [0, 0.05) is 41.6 Å². The molecule has 1 saturated heterocycles. The molecule has 0 aliphatic carbocycles. The van der Waals surface area contributed by atoms with Crippen LogP contribution in [0.5, 0.6) is 5.88 Å². The van der Waals surface area contributed by atoms with Crippen LogP contribution in [-0.4, -0.2) is 43.3 Å². The number of pyridine rings is 1. The summed E-state index contributed by atoms with van der Waals surface area (Å²) >= 11 is 0. The van der Waals surface area contributed by atoms with Gasteiger partial charge in [-0.1, -0.05) is 18.2 Å². The number of nitrogens with one attached hydrogen (secondary N) is 1. The number of aromatic nitrogens is 1. The van der Waals surface area contributed by atoms with Crippen molar-refractivity contribution in [1.82, 2.24) is 4.98 Å². The quantitative estimate of drug-likeness (QED) is 0.265. The lowest BCUT2D eigenvalue weighted by atomic mass is 9.93. The Labute approximate surface area is 239 Å². The molecule has 1 aromatic heterocycles. The van der Waals surface area contributed by atoms with E-state index in [0.717, 1.165) is 34.5 Å². The second kappa shape index (κ2) is 12.9. The molecule has 1 aliphatic rings. The van der Waals surface area contributed by atoms with Gasteiger partial charge in [-0.2, -0.15) is 13.2 Å². The lowest BCUT2D eigenvalue weighted by Gasteiger charge is -2.30. The third-order valence-electron chi connectivity index (χ3n) is 6.43. The van der Waals surface area contributed by atoms with E-state index in [4.69, 9.17) is 15.2 Å². The second-order valence-electron chi connectivity index (χ2n) is 11.0. The number of hydrogen-bond donors (Lipinski definition) is 2. The predicted molar refractivity (Wildman–Crippen MR) is 157 cm³/mol. The van der Waals surface area contributed by atoms with Gasteiger partial charge in [-0.3, -0.25) is 4.79 Å². The zero-order valence-electron chi connectivity index (χ0n) is 24.5. The number of hydrogen-bond acceptors (Lipinski definition) is 6. The average molecular weight is 573 g/mol. The Morgan fingerprint density at radius 2 is 1.78 bits per heavy atom. The summed E-state index contributed by atoms with van der Waals surface area (Å²) in [5, 5.41) is 2.59. The van der Waals surface area contributed by atoms with Crippen molar-refractivity contribution in [2.45, 2.75) is 59.4 Å². The molecule has 222 valence electrons. The van der Waals surface area contributed by atoms with Crippen LogP contribution in [0.25, 0.3) is 5.57 Å². The normalized spacial score (nSPS) is 14.6. The van der Waals surface area contributed by atoms with Crippen molar-refractivity contribution in [2.24, 2.45) is 5.73 Å². The molecule has 0 saturated carbocycles. The first kappa shape index (κ1) is 31.9. The van der Waals surface area contributed by atoms with Crippen LogP contribution >= 0.6 is 0 Å². The van der Waals surface area contributed by atoms with Crippen LogP contribution in [-0.2, 0) is 21.2 Å². The van der Waals surface area contributed by atoms with Gasteiger partial charge in [0.2, 0.25) is 5.88 Å². The van der Waals surface area contributed by atoms with Gasteiger partial charge in [0.05, 0.1) is 24.9 Å². The van der Waals surface area contributed by atoms with E-state index in [0.29, 0.717) is 32.2 Å². The second-order valence-corrected chi connectivity index (χ2v) is 11.0. The molecule has 3 rings (SSSR count). The van der Waals surface area contributed by atoms with Gasteiger partial charge in [-0.25, -0.2) is 4.98 Å². The van der Waals surface area contributed by atoms with Gasteiger partial charge in [0.15, 0.2) is 0 Å². The van der Waals surface area contributed by atoms with Gasteiger partial charge >= 0.3 is 6.18 Å². The summed E-state index contributed by atoms with van der Waals surface area (Å²) < 4.78 is 52.3. The third kappa shape index (κ3) is 8.43. The number of carbonyl (C=O) groups is 1. The molecule has 2 aromatic rings. The zero-order valence-corrected chi connectivity index (χ0v) is 24.5. The number of amides is 1. The van der Waals surface area contributed by atoms with Gasteiger partial charge in [0.25, 0.3) is 5.91 Å². The highest BCUT2D eigenvalue weighted by Crippen LogP contribution is 2.35. The number of ether oxygens (including phenoxy) is 2. The number of benzene rings is 1. The van der Waals surface area contributed by atoms with Crippen LogP contribution in [0, 0.1) is 0 Å². The van der Waals surface area contributed by atoms with E-state index in [1.807, 2.05) is 33.8 Å². The molecular weight excluding hydrogens is 533 g/mol. The number of anilines is 2. The Bertz CT molecular complexity index is 1300. The van der Waals surface area contributed by atoms with Crippen LogP contribution in [0.15, 0.2) is 60.3 Å². The largest absolute Gasteiger partial charge is 0.473 e. The van der Waals surface area contributed by atoms with Gasteiger partial charge in [-0.15, -0.1) is 0 Å². The highest BCUT2D eigenvalue weighted by molar-refractivity contribution is 6.07. The van der Waals surface area contributed by atoms with E-state index in [9.17, 15) is 18.0 Å². The number of nitrogens with zero attached hydrogens (tertiary/aromatic N) is 2. The number of nitrogens with two attached hydrogens (primary N) is 1. The molecule has 1 fully saturated rings. The molecule has 0 bridgehead atoms. The molecule has 10 heteroatoms. The van der Waals surface area contributed by atoms with Crippen molar-refractivity contribution < 1.29 is 27.4 Å². The van der Waals surface area contributed by atoms with Crippen LogP contribution in [0.4, 0.5) is 24.5 Å². The first-order chi connectivity index (χ1) is 19.1. The van der Waals surface area contributed by atoms with Crippen LogP contribution in [0.1, 0.15) is 58.2 Å². The highest BCUT2D eigenvalue weighted by Gasteiger charge is 2.32. The lowest BCUT2D eigenvalue weighted by Crippen LogP contribution is -2.36. The van der Waals surface area contributed by atoms with E-state index < -0.39 is 23.2 Å². The summed E-state index contributed by atoms with van der Waals surface area (Å²) in [6, 6.07) is 5.30. The standard InChI is InChI=1S/C31H39F3N4O3/c1-8-21(28(39)37-25-16-23(30(6,7)35)15-24(17-25)31(32,33)34)13-26(19(2)3)22-14-27(38-9-11-40-12-10-38)29(36-18-22)41-20(4)5/h8,13-18,20H,1,9-12,35H2,2-7H3,(H,37,39)/b21-13+. The number of rotatable bonds is 9. The smallest absolute Gasteiger partial charge is 0.416 e. The maximum Gasteiger partial charge on any atom is 0.416 e. The minimum absolute atomic E-state index is 0.0173. The monoisotopic (exact) mass is 572 g/mol. The molecule has 0 atom stereocenters. The van der Waals surface area contributed by atoms with Gasteiger partial charge in [0.1, 0.15) is 5.69 Å². The van der Waals surface area contributed by atoms with E-state index in [1.165, 1.54) is 12.1 Å². The maximum absolute atomic E-state index is 13.6. The average Bonchev–Trinajstić information content (AvgIpc) is 2.88. The Balaban J connectivity index is 2.01. The molecule has 7 nitrogen and oxygen atoms in total. The molecule has 0 unspecified atom stereocenters. The topological polar surface area (TPSA) is 89.7 Å². The Morgan fingerprint density at radius 1 is 1.15 bits per heavy atom. The fraction of sp³-hybridized carbons (Fsp3) is 0.419. The summed E-state index contributed by atoms with van der Waals surface area (Å²) in [4.78, 5) is 20.0. The van der Waals surface area contributed by atoms with E-state index >= 15 is 0 Å². The van der Waals surface area contributed by atoms with Gasteiger partial charge in [-0.05, 0) is 83.0 Å². The van der Waals surface area contributed by atoms with Crippen molar-refractivity contribution in [3.63, 3.8) is 0 Å². The van der Waals surface area contributed by atoms with Crippen molar-refractivity contribution in [2.75, 3.05) is 36.5 Å². The summed E-state index contributed by atoms with van der Waals surface area (Å²) in [5.74, 6) is -0.104. The first-order valence-electron chi connectivity index (χ1n) is 13.4. The van der Waals surface area contributed by atoms with Crippen molar-refractivity contribution >= 4 is 22.9 Å². The number of alkyl halides is 3. The van der Waals surface area contributed by atoms with Crippen LogP contribution in [0.3, 0.4) is 0 Å². The fourth-order valence-corrected chi connectivity index (χ4v) is 4.26. The van der Waals surface area contributed by atoms with Crippen LogP contribution in [0.2, 0.25) is 0 Å². The predicted octanol–water partition coefficient (Wildman–Crippen LogP) is 6.46. The van der Waals surface area contributed by atoms with E-state index in [2.05, 4.69) is 21.8 Å². The summed E-state index contributed by atoms with van der Waals surface area (Å²) in [6.07, 6.45) is 0.0211. The fourth-order valence-electron chi connectivity index (χ4n) is 4.26. The first-order valence-corrected chi connectivity index (χ1v) is 13.4. The molecule has 41 heavy (non-hydrogen) atoms. The Hall–Kier alpha value is -3.63. The van der Waals surface area contributed by atoms with Crippen molar-refractivity contribution in [3.8, 4) is 5.88 Å². The third-order valence-corrected chi connectivity index (χ3v) is 6.43. The van der Waals surface area contributed by atoms with E-state index in [-0.39, 0.29) is 22.9 Å². The van der Waals surface area contributed by atoms with Gasteiger partial charge < -0.3 is 25.4 Å².